The van der Waals surface area contributed by atoms with Gasteiger partial charge in [0.25, 0.3) is 5.91 Å². The molecule has 1 aliphatic carbocycles. The number of hydrogen-bond donors (Lipinski definition) is 1. The van der Waals surface area contributed by atoms with E-state index in [1.54, 1.807) is 24.3 Å². The summed E-state index contributed by atoms with van der Waals surface area (Å²) in [6.45, 7) is 0. The minimum Gasteiger partial charge on any atom is -0.345 e. The third kappa shape index (κ3) is 3.05. The molecule has 0 radical (unpaired) electrons. The predicted molar refractivity (Wildman–Crippen MR) is 96.0 cm³/mol. The van der Waals surface area contributed by atoms with E-state index in [4.69, 9.17) is 0 Å². The molecular weight excluding hydrogens is 313 g/mol. The Bertz CT molecular complexity index is 907. The molecule has 0 saturated heterocycles. The second-order valence-electron chi connectivity index (χ2n) is 6.36. The van der Waals surface area contributed by atoms with Gasteiger partial charge in [-0.3, -0.25) is 4.79 Å². The smallest absolute Gasteiger partial charge is 0.251 e. The summed E-state index contributed by atoms with van der Waals surface area (Å²) in [5, 5.41) is 3.13. The summed E-state index contributed by atoms with van der Waals surface area (Å²) in [6, 6.07) is 24.0. The molecule has 1 amide bonds. The Kier molecular flexibility index (Phi) is 4.06. The summed E-state index contributed by atoms with van der Waals surface area (Å²) in [5.74, 6) is -0.222. The van der Waals surface area contributed by atoms with Gasteiger partial charge in [0.05, 0.1) is 6.04 Å². The van der Waals surface area contributed by atoms with E-state index in [9.17, 15) is 9.18 Å². The zero-order chi connectivity index (χ0) is 17.2. The highest BCUT2D eigenvalue weighted by Crippen LogP contribution is 2.44. The fourth-order valence-corrected chi connectivity index (χ4v) is 3.64. The third-order valence-corrected chi connectivity index (χ3v) is 4.81. The molecule has 0 aliphatic heterocycles. The molecule has 1 N–H and O–H groups in total. The number of fused-ring (bicyclic) bond motifs is 1. The average molecular weight is 331 g/mol. The highest BCUT2D eigenvalue weighted by atomic mass is 19.1. The summed E-state index contributed by atoms with van der Waals surface area (Å²) >= 11 is 0. The van der Waals surface area contributed by atoms with Gasteiger partial charge in [-0.1, -0.05) is 54.6 Å². The first-order valence-electron chi connectivity index (χ1n) is 8.42. The van der Waals surface area contributed by atoms with Gasteiger partial charge in [0.15, 0.2) is 0 Å². The summed E-state index contributed by atoms with van der Waals surface area (Å²) in [7, 11) is 0. The second-order valence-corrected chi connectivity index (χ2v) is 6.36. The molecule has 0 saturated carbocycles. The van der Waals surface area contributed by atoms with Crippen LogP contribution < -0.4 is 5.32 Å². The molecule has 124 valence electrons. The first-order valence-corrected chi connectivity index (χ1v) is 8.42. The van der Waals surface area contributed by atoms with E-state index >= 15 is 0 Å². The summed E-state index contributed by atoms with van der Waals surface area (Å²) in [4.78, 5) is 12.5. The first kappa shape index (κ1) is 15.6. The van der Waals surface area contributed by atoms with Crippen LogP contribution in [0.15, 0.2) is 78.9 Å². The average Bonchev–Trinajstić information content (AvgIpc) is 3.01. The number of nitrogens with one attached hydrogen (secondary N) is 1. The standard InChI is InChI=1S/C22H18FNO/c23-17-10-6-9-16(13-17)20-14-21(19-12-5-4-11-18(19)20)24-22(25)15-7-2-1-3-8-15/h1-13,20-21H,14H2,(H,24,25)/t20-,21-/m0/s1. The number of carbonyl (C=O) groups excluding carboxylic acids is 1. The summed E-state index contributed by atoms with van der Waals surface area (Å²) < 4.78 is 13.7. The summed E-state index contributed by atoms with van der Waals surface area (Å²) in [5.41, 5.74) is 3.87. The van der Waals surface area contributed by atoms with Crippen LogP contribution in [0.25, 0.3) is 0 Å². The van der Waals surface area contributed by atoms with E-state index in [2.05, 4.69) is 11.4 Å². The van der Waals surface area contributed by atoms with E-state index in [0.717, 1.165) is 23.1 Å². The van der Waals surface area contributed by atoms with Gasteiger partial charge in [0.1, 0.15) is 5.82 Å². The molecule has 3 aromatic rings. The molecular formula is C22H18FNO. The van der Waals surface area contributed by atoms with E-state index in [0.29, 0.717) is 5.56 Å². The molecule has 0 unspecified atom stereocenters. The number of hydrogen-bond acceptors (Lipinski definition) is 1. The van der Waals surface area contributed by atoms with E-state index in [-0.39, 0.29) is 23.7 Å². The van der Waals surface area contributed by atoms with E-state index in [1.807, 2.05) is 42.5 Å². The minimum absolute atomic E-state index is 0.0721. The van der Waals surface area contributed by atoms with Gasteiger partial charge in [-0.15, -0.1) is 0 Å². The maximum Gasteiger partial charge on any atom is 0.251 e. The fraction of sp³-hybridized carbons (Fsp3) is 0.136. The molecule has 2 atom stereocenters. The van der Waals surface area contributed by atoms with Crippen LogP contribution in [0.2, 0.25) is 0 Å². The maximum atomic E-state index is 13.7. The van der Waals surface area contributed by atoms with Gasteiger partial charge in [-0.25, -0.2) is 4.39 Å². The van der Waals surface area contributed by atoms with Gasteiger partial charge < -0.3 is 5.32 Å². The van der Waals surface area contributed by atoms with Crippen LogP contribution in [0.4, 0.5) is 4.39 Å². The van der Waals surface area contributed by atoms with Gasteiger partial charge in [-0.05, 0) is 47.4 Å². The van der Waals surface area contributed by atoms with Crippen molar-refractivity contribution in [2.45, 2.75) is 18.4 Å². The summed E-state index contributed by atoms with van der Waals surface area (Å²) in [6.07, 6.45) is 0.737. The molecule has 0 bridgehead atoms. The molecule has 2 nitrogen and oxygen atoms in total. The van der Waals surface area contributed by atoms with Gasteiger partial charge in [0, 0.05) is 11.5 Å². The highest BCUT2D eigenvalue weighted by Gasteiger charge is 2.32. The van der Waals surface area contributed by atoms with Gasteiger partial charge in [0.2, 0.25) is 0 Å². The zero-order valence-corrected chi connectivity index (χ0v) is 13.7. The lowest BCUT2D eigenvalue weighted by molar-refractivity contribution is 0.0936. The lowest BCUT2D eigenvalue weighted by Gasteiger charge is -2.15. The van der Waals surface area contributed by atoms with Crippen molar-refractivity contribution in [2.24, 2.45) is 0 Å². The molecule has 0 spiro atoms. The molecule has 3 heteroatoms. The van der Waals surface area contributed by atoms with E-state index < -0.39 is 0 Å². The normalized spacial score (nSPS) is 18.6. The van der Waals surface area contributed by atoms with Crippen molar-refractivity contribution in [2.75, 3.05) is 0 Å². The highest BCUT2D eigenvalue weighted by molar-refractivity contribution is 5.94. The van der Waals surface area contributed by atoms with Crippen molar-refractivity contribution < 1.29 is 9.18 Å². The second kappa shape index (κ2) is 6.52. The van der Waals surface area contributed by atoms with Crippen LogP contribution in [0.1, 0.15) is 45.4 Å². The van der Waals surface area contributed by atoms with Crippen molar-refractivity contribution in [1.82, 2.24) is 5.32 Å². The lowest BCUT2D eigenvalue weighted by atomic mass is 9.93. The lowest BCUT2D eigenvalue weighted by Crippen LogP contribution is -2.27. The Balaban J connectivity index is 1.64. The van der Waals surface area contributed by atoms with Crippen molar-refractivity contribution in [1.29, 1.82) is 0 Å². The number of benzene rings is 3. The molecule has 0 heterocycles. The topological polar surface area (TPSA) is 29.1 Å². The van der Waals surface area contributed by atoms with Crippen LogP contribution in [-0.2, 0) is 0 Å². The molecule has 0 fully saturated rings. The Hall–Kier alpha value is -2.94. The van der Waals surface area contributed by atoms with Crippen molar-refractivity contribution in [3.8, 4) is 0 Å². The van der Waals surface area contributed by atoms with Gasteiger partial charge in [-0.2, -0.15) is 0 Å². The molecule has 1 aliphatic rings. The molecule has 0 aromatic heterocycles. The molecule has 25 heavy (non-hydrogen) atoms. The Morgan fingerprint density at radius 2 is 1.60 bits per heavy atom. The van der Waals surface area contributed by atoms with Crippen LogP contribution in [0, 0.1) is 5.82 Å². The Labute approximate surface area is 146 Å². The SMILES string of the molecule is O=C(N[C@H]1C[C@@H](c2cccc(F)c2)c2ccccc21)c1ccccc1. The largest absolute Gasteiger partial charge is 0.345 e. The van der Waals surface area contributed by atoms with Crippen LogP contribution in [0.5, 0.6) is 0 Å². The van der Waals surface area contributed by atoms with Crippen molar-refractivity contribution in [3.05, 3.63) is 107 Å². The van der Waals surface area contributed by atoms with Crippen LogP contribution >= 0.6 is 0 Å². The number of rotatable bonds is 3. The molecule has 4 rings (SSSR count). The minimum atomic E-state index is -0.230. The maximum absolute atomic E-state index is 13.7. The van der Waals surface area contributed by atoms with Gasteiger partial charge >= 0.3 is 0 Å². The first-order chi connectivity index (χ1) is 12.2. The fourth-order valence-electron chi connectivity index (χ4n) is 3.64. The Morgan fingerprint density at radius 3 is 2.36 bits per heavy atom. The van der Waals surface area contributed by atoms with Crippen LogP contribution in [0.3, 0.4) is 0 Å². The molecule has 3 aromatic carbocycles. The monoisotopic (exact) mass is 331 g/mol. The zero-order valence-electron chi connectivity index (χ0n) is 13.7. The third-order valence-electron chi connectivity index (χ3n) is 4.81. The van der Waals surface area contributed by atoms with Crippen LogP contribution in [-0.4, -0.2) is 5.91 Å². The number of amides is 1. The van der Waals surface area contributed by atoms with Crippen molar-refractivity contribution in [3.63, 3.8) is 0 Å². The van der Waals surface area contributed by atoms with E-state index in [1.165, 1.54) is 6.07 Å². The number of halogens is 1. The van der Waals surface area contributed by atoms with Crippen molar-refractivity contribution >= 4 is 5.91 Å². The predicted octanol–water partition coefficient (Wildman–Crippen LogP) is 4.83. The number of carbonyl (C=O) groups is 1. The Morgan fingerprint density at radius 1 is 0.880 bits per heavy atom. The quantitative estimate of drug-likeness (QED) is 0.731.